The number of imidazole rings is 1. The number of hydrogen-bond acceptors (Lipinski definition) is 3. The quantitative estimate of drug-likeness (QED) is 0.439. The zero-order chi connectivity index (χ0) is 21.2. The lowest BCUT2D eigenvalue weighted by atomic mass is 10.1. The number of aromatic nitrogens is 4. The molecule has 2 aromatic heterocycles. The summed E-state index contributed by atoms with van der Waals surface area (Å²) in [7, 11) is 0. The number of rotatable bonds is 5. The van der Waals surface area contributed by atoms with Crippen LogP contribution in [0.2, 0.25) is 0 Å². The molecule has 0 atom stereocenters. The molecule has 5 rings (SSSR count). The van der Waals surface area contributed by atoms with Gasteiger partial charge >= 0.3 is 0 Å². The lowest BCUT2D eigenvalue weighted by molar-refractivity contribution is -0.115. The Labute approximate surface area is 177 Å². The lowest BCUT2D eigenvalue weighted by Gasteiger charge is -2.07. The van der Waals surface area contributed by atoms with Crippen LogP contribution in [0.15, 0.2) is 85.2 Å². The van der Waals surface area contributed by atoms with Gasteiger partial charge in [0.1, 0.15) is 11.6 Å². The summed E-state index contributed by atoms with van der Waals surface area (Å²) >= 11 is 0. The molecule has 5 aromatic rings. The predicted molar refractivity (Wildman–Crippen MR) is 117 cm³/mol. The summed E-state index contributed by atoms with van der Waals surface area (Å²) in [4.78, 5) is 20.0. The molecule has 2 N–H and O–H groups in total. The average Bonchev–Trinajstić information content (AvgIpc) is 3.44. The van der Waals surface area contributed by atoms with Crippen LogP contribution in [0.1, 0.15) is 5.56 Å². The van der Waals surface area contributed by atoms with Gasteiger partial charge in [-0.2, -0.15) is 5.10 Å². The minimum atomic E-state index is -0.309. The van der Waals surface area contributed by atoms with Gasteiger partial charge in [-0.05, 0) is 66.2 Å². The molecule has 0 spiro atoms. The fourth-order valence-corrected chi connectivity index (χ4v) is 3.41. The van der Waals surface area contributed by atoms with Gasteiger partial charge in [0, 0.05) is 23.6 Å². The van der Waals surface area contributed by atoms with Crippen LogP contribution in [-0.2, 0) is 11.2 Å². The molecule has 0 unspecified atom stereocenters. The van der Waals surface area contributed by atoms with Gasteiger partial charge in [0.25, 0.3) is 0 Å². The van der Waals surface area contributed by atoms with Crippen molar-refractivity contribution in [3.05, 3.63) is 96.6 Å². The second kappa shape index (κ2) is 7.87. The Balaban J connectivity index is 1.24. The molecule has 0 aliphatic heterocycles. The maximum atomic E-state index is 13.4. The SMILES string of the molecule is O=C(Cc1ccc(-n2cccn2)cc1)Nc1ccc(-c2nc3ccc(F)cc3[nH]2)cc1. The fourth-order valence-electron chi connectivity index (χ4n) is 3.41. The molecular formula is C24H18FN5O. The summed E-state index contributed by atoms with van der Waals surface area (Å²) in [6.45, 7) is 0. The molecular weight excluding hydrogens is 393 g/mol. The number of nitrogens with zero attached hydrogens (tertiary/aromatic N) is 3. The van der Waals surface area contributed by atoms with Gasteiger partial charge in [-0.3, -0.25) is 4.79 Å². The summed E-state index contributed by atoms with van der Waals surface area (Å²) < 4.78 is 15.1. The topological polar surface area (TPSA) is 75.6 Å². The van der Waals surface area contributed by atoms with E-state index in [1.54, 1.807) is 16.9 Å². The van der Waals surface area contributed by atoms with Gasteiger partial charge in [0.05, 0.1) is 23.1 Å². The first-order valence-electron chi connectivity index (χ1n) is 9.78. The molecule has 0 saturated carbocycles. The summed E-state index contributed by atoms with van der Waals surface area (Å²) in [6, 6.07) is 21.4. The largest absolute Gasteiger partial charge is 0.338 e. The number of benzene rings is 3. The van der Waals surface area contributed by atoms with Gasteiger partial charge in [-0.25, -0.2) is 14.1 Å². The molecule has 152 valence electrons. The number of carbonyl (C=O) groups excluding carboxylic acids is 1. The Hall–Kier alpha value is -4.26. The van der Waals surface area contributed by atoms with E-state index in [1.165, 1.54) is 12.1 Å². The standard InChI is InChI=1S/C24H18FN5O/c25-18-6-11-21-22(15-18)29-24(28-21)17-4-7-19(8-5-17)27-23(31)14-16-2-9-20(10-3-16)30-13-1-12-26-30/h1-13,15H,14H2,(H,27,31)(H,28,29). The predicted octanol–water partition coefficient (Wildman–Crippen LogP) is 4.74. The molecule has 0 aliphatic rings. The van der Waals surface area contributed by atoms with Crippen LogP contribution in [0.4, 0.5) is 10.1 Å². The third-order valence-electron chi connectivity index (χ3n) is 4.96. The van der Waals surface area contributed by atoms with E-state index in [1.807, 2.05) is 60.8 Å². The third kappa shape index (κ3) is 4.06. The van der Waals surface area contributed by atoms with Crippen molar-refractivity contribution in [2.24, 2.45) is 0 Å². The Morgan fingerprint density at radius 1 is 1.03 bits per heavy atom. The number of H-pyrrole nitrogens is 1. The van der Waals surface area contributed by atoms with Gasteiger partial charge in [-0.1, -0.05) is 12.1 Å². The molecule has 7 heteroatoms. The van der Waals surface area contributed by atoms with Crippen molar-refractivity contribution in [1.82, 2.24) is 19.7 Å². The van der Waals surface area contributed by atoms with Crippen molar-refractivity contribution < 1.29 is 9.18 Å². The van der Waals surface area contributed by atoms with Crippen molar-refractivity contribution in [2.45, 2.75) is 6.42 Å². The first kappa shape index (κ1) is 18.7. The van der Waals surface area contributed by atoms with Gasteiger partial charge in [0.15, 0.2) is 0 Å². The van der Waals surface area contributed by atoms with E-state index in [9.17, 15) is 9.18 Å². The smallest absolute Gasteiger partial charge is 0.228 e. The van der Waals surface area contributed by atoms with Gasteiger partial charge in [0.2, 0.25) is 5.91 Å². The molecule has 0 fully saturated rings. The fraction of sp³-hybridized carbons (Fsp3) is 0.0417. The number of amides is 1. The number of hydrogen-bond donors (Lipinski definition) is 2. The van der Waals surface area contributed by atoms with E-state index in [0.29, 0.717) is 22.5 Å². The number of carbonyl (C=O) groups is 1. The third-order valence-corrected chi connectivity index (χ3v) is 4.96. The number of halogens is 1. The van der Waals surface area contributed by atoms with Gasteiger partial charge < -0.3 is 10.3 Å². The second-order valence-corrected chi connectivity index (χ2v) is 7.17. The molecule has 3 aromatic carbocycles. The Bertz CT molecular complexity index is 1340. The molecule has 2 heterocycles. The molecule has 31 heavy (non-hydrogen) atoms. The zero-order valence-corrected chi connectivity index (χ0v) is 16.4. The maximum absolute atomic E-state index is 13.4. The van der Waals surface area contributed by atoms with Crippen molar-refractivity contribution in [3.8, 4) is 17.1 Å². The normalized spacial score (nSPS) is 11.0. The van der Waals surface area contributed by atoms with Crippen LogP contribution in [0.5, 0.6) is 0 Å². The number of anilines is 1. The van der Waals surface area contributed by atoms with E-state index >= 15 is 0 Å². The van der Waals surface area contributed by atoms with Crippen molar-refractivity contribution in [2.75, 3.05) is 5.32 Å². The van der Waals surface area contributed by atoms with Crippen LogP contribution in [-0.4, -0.2) is 25.7 Å². The second-order valence-electron chi connectivity index (χ2n) is 7.17. The van der Waals surface area contributed by atoms with Gasteiger partial charge in [-0.15, -0.1) is 0 Å². The van der Waals surface area contributed by atoms with Crippen molar-refractivity contribution >= 4 is 22.6 Å². The average molecular weight is 411 g/mol. The number of fused-ring (bicyclic) bond motifs is 1. The highest BCUT2D eigenvalue weighted by Gasteiger charge is 2.08. The van der Waals surface area contributed by atoms with Crippen LogP contribution in [0, 0.1) is 5.82 Å². The first-order valence-corrected chi connectivity index (χ1v) is 9.78. The first-order chi connectivity index (χ1) is 15.1. The Morgan fingerprint density at radius 3 is 2.58 bits per heavy atom. The van der Waals surface area contributed by atoms with E-state index in [-0.39, 0.29) is 18.1 Å². The molecule has 0 aliphatic carbocycles. The van der Waals surface area contributed by atoms with Crippen LogP contribution >= 0.6 is 0 Å². The lowest BCUT2D eigenvalue weighted by Crippen LogP contribution is -2.14. The summed E-state index contributed by atoms with van der Waals surface area (Å²) in [5.41, 5.74) is 4.75. The van der Waals surface area contributed by atoms with E-state index in [4.69, 9.17) is 0 Å². The Morgan fingerprint density at radius 2 is 1.84 bits per heavy atom. The van der Waals surface area contributed by atoms with Crippen LogP contribution in [0.25, 0.3) is 28.1 Å². The highest BCUT2D eigenvalue weighted by atomic mass is 19.1. The minimum absolute atomic E-state index is 0.0983. The van der Waals surface area contributed by atoms with Crippen LogP contribution in [0.3, 0.4) is 0 Å². The highest BCUT2D eigenvalue weighted by molar-refractivity contribution is 5.92. The molecule has 1 amide bonds. The molecule has 0 bridgehead atoms. The van der Waals surface area contributed by atoms with E-state index in [0.717, 1.165) is 16.8 Å². The monoisotopic (exact) mass is 411 g/mol. The highest BCUT2D eigenvalue weighted by Crippen LogP contribution is 2.23. The maximum Gasteiger partial charge on any atom is 0.228 e. The number of aromatic amines is 1. The van der Waals surface area contributed by atoms with Crippen molar-refractivity contribution in [3.63, 3.8) is 0 Å². The van der Waals surface area contributed by atoms with E-state index in [2.05, 4.69) is 20.4 Å². The zero-order valence-electron chi connectivity index (χ0n) is 16.4. The molecule has 6 nitrogen and oxygen atoms in total. The summed E-state index contributed by atoms with van der Waals surface area (Å²) in [5.74, 6) is 0.242. The van der Waals surface area contributed by atoms with Crippen molar-refractivity contribution in [1.29, 1.82) is 0 Å². The molecule has 0 radical (unpaired) electrons. The van der Waals surface area contributed by atoms with E-state index < -0.39 is 0 Å². The Kier molecular flexibility index (Phi) is 4.76. The summed E-state index contributed by atoms with van der Waals surface area (Å²) in [6.07, 6.45) is 3.87. The van der Waals surface area contributed by atoms with Crippen LogP contribution < -0.4 is 5.32 Å². The molecule has 0 saturated heterocycles. The summed E-state index contributed by atoms with van der Waals surface area (Å²) in [5, 5.41) is 7.10. The number of nitrogens with one attached hydrogen (secondary N) is 2. The minimum Gasteiger partial charge on any atom is -0.338 e.